The van der Waals surface area contributed by atoms with E-state index in [9.17, 15) is 9.59 Å². The molecule has 0 aliphatic rings. The molecule has 2 aromatic heterocycles. The summed E-state index contributed by atoms with van der Waals surface area (Å²) in [7, 11) is 2.94. The summed E-state index contributed by atoms with van der Waals surface area (Å²) in [5, 5.41) is 4.29. The van der Waals surface area contributed by atoms with E-state index < -0.39 is 5.97 Å². The van der Waals surface area contributed by atoms with Gasteiger partial charge in [0.15, 0.2) is 0 Å². The highest BCUT2D eigenvalue weighted by molar-refractivity contribution is 5.92. The number of pyridine rings is 1. The van der Waals surface area contributed by atoms with E-state index in [0.29, 0.717) is 11.0 Å². The molecule has 0 fully saturated rings. The molecule has 0 bridgehead atoms. The van der Waals surface area contributed by atoms with Crippen LogP contribution in [0.2, 0.25) is 0 Å². The molecule has 78 valence electrons. The Morgan fingerprint density at radius 1 is 1.60 bits per heavy atom. The lowest BCUT2D eigenvalue weighted by molar-refractivity contribution is 0.0599. The van der Waals surface area contributed by atoms with Gasteiger partial charge in [0.2, 0.25) is 5.43 Å². The average Bonchev–Trinajstić information content (AvgIpc) is 2.61. The molecule has 0 atom stereocenters. The minimum atomic E-state index is -0.651. The number of fused-ring (bicyclic) bond motifs is 1. The van der Waals surface area contributed by atoms with E-state index in [4.69, 9.17) is 0 Å². The third-order valence-electron chi connectivity index (χ3n) is 2.19. The van der Waals surface area contributed by atoms with Crippen LogP contribution in [0.4, 0.5) is 0 Å². The van der Waals surface area contributed by atoms with Gasteiger partial charge >= 0.3 is 5.97 Å². The van der Waals surface area contributed by atoms with Crippen LogP contribution in [0, 0.1) is 0 Å². The summed E-state index contributed by atoms with van der Waals surface area (Å²) in [4.78, 5) is 25.8. The fourth-order valence-corrected chi connectivity index (χ4v) is 1.39. The Balaban J connectivity index is 2.77. The van der Waals surface area contributed by atoms with Crippen LogP contribution < -0.4 is 5.43 Å². The molecule has 0 aromatic carbocycles. The number of aromatic amines is 1. The molecule has 0 spiro atoms. The molecule has 0 saturated heterocycles. The summed E-state index contributed by atoms with van der Waals surface area (Å²) < 4.78 is 6.01. The molecule has 0 amide bonds. The summed E-state index contributed by atoms with van der Waals surface area (Å²) >= 11 is 0. The molecule has 0 aliphatic heterocycles. The van der Waals surface area contributed by atoms with Gasteiger partial charge in [-0.25, -0.2) is 4.79 Å². The predicted octanol–water partition coefficient (Wildman–Crippen LogP) is 0.0482. The third-order valence-corrected chi connectivity index (χ3v) is 2.19. The Morgan fingerprint density at radius 2 is 2.33 bits per heavy atom. The zero-order chi connectivity index (χ0) is 11.0. The Kier molecular flexibility index (Phi) is 2.03. The molecule has 6 heteroatoms. The Hall–Kier alpha value is -2.11. The van der Waals surface area contributed by atoms with Crippen LogP contribution in [0.3, 0.4) is 0 Å². The number of H-pyrrole nitrogens is 1. The van der Waals surface area contributed by atoms with Gasteiger partial charge in [0.05, 0.1) is 18.7 Å². The van der Waals surface area contributed by atoms with Crippen LogP contribution >= 0.6 is 0 Å². The molecule has 15 heavy (non-hydrogen) atoms. The molecule has 0 aliphatic carbocycles. The van der Waals surface area contributed by atoms with E-state index in [2.05, 4.69) is 14.8 Å². The van der Waals surface area contributed by atoms with Crippen LogP contribution in [0.5, 0.6) is 0 Å². The lowest BCUT2D eigenvalue weighted by Gasteiger charge is -1.98. The molecule has 6 nitrogen and oxygen atoms in total. The minimum absolute atomic E-state index is 0.0157. The normalized spacial score (nSPS) is 10.5. The Labute approximate surface area is 84.5 Å². The predicted molar refractivity (Wildman–Crippen MR) is 52.7 cm³/mol. The largest absolute Gasteiger partial charge is 0.465 e. The number of esters is 1. The minimum Gasteiger partial charge on any atom is -0.465 e. The maximum absolute atomic E-state index is 11.8. The van der Waals surface area contributed by atoms with E-state index in [1.165, 1.54) is 24.2 Å². The molecular weight excluding hydrogens is 198 g/mol. The van der Waals surface area contributed by atoms with Crippen LogP contribution in [-0.4, -0.2) is 27.8 Å². The van der Waals surface area contributed by atoms with Gasteiger partial charge in [-0.05, 0) is 0 Å². The number of aromatic nitrogens is 3. The second-order valence-electron chi connectivity index (χ2n) is 3.05. The number of rotatable bonds is 1. The lowest BCUT2D eigenvalue weighted by Crippen LogP contribution is -2.16. The summed E-state index contributed by atoms with van der Waals surface area (Å²) in [6.07, 6.45) is 2.75. The van der Waals surface area contributed by atoms with Gasteiger partial charge in [-0.2, -0.15) is 5.10 Å². The van der Waals surface area contributed by atoms with E-state index in [1.807, 2.05) is 0 Å². The topological polar surface area (TPSA) is 77.0 Å². The number of ether oxygens (including phenoxy) is 1. The standard InChI is InChI=1S/C9H9N3O3/c1-12-8-5(4-11-12)7(13)6(3-10-8)9(14)15-2/h3-4H,1-2H3,(H,10,13). The maximum atomic E-state index is 11.8. The number of nitrogens with zero attached hydrogens (tertiary/aromatic N) is 2. The Morgan fingerprint density at radius 3 is 3.00 bits per heavy atom. The molecule has 0 saturated carbocycles. The number of methoxy groups -OCH3 is 1. The van der Waals surface area contributed by atoms with E-state index in [-0.39, 0.29) is 11.0 Å². The molecule has 2 aromatic rings. The first-order valence-electron chi connectivity index (χ1n) is 4.27. The first kappa shape index (κ1) is 9.45. The fraction of sp³-hybridized carbons (Fsp3) is 0.222. The van der Waals surface area contributed by atoms with Crippen molar-refractivity contribution in [3.8, 4) is 0 Å². The van der Waals surface area contributed by atoms with Gasteiger partial charge in [0.25, 0.3) is 0 Å². The van der Waals surface area contributed by atoms with Crippen molar-refractivity contribution >= 4 is 17.0 Å². The van der Waals surface area contributed by atoms with Crippen molar-refractivity contribution in [2.75, 3.05) is 7.11 Å². The molecular formula is C9H9N3O3. The second kappa shape index (κ2) is 3.23. The fourth-order valence-electron chi connectivity index (χ4n) is 1.39. The molecule has 1 N–H and O–H groups in total. The SMILES string of the molecule is COC(=O)c1c[nH]c2c(cnn2C)c1=O. The van der Waals surface area contributed by atoms with Gasteiger partial charge in [0, 0.05) is 13.2 Å². The van der Waals surface area contributed by atoms with Gasteiger partial charge in [0.1, 0.15) is 11.2 Å². The molecule has 0 unspecified atom stereocenters. The van der Waals surface area contributed by atoms with Gasteiger partial charge in [-0.3, -0.25) is 9.48 Å². The summed E-state index contributed by atoms with van der Waals surface area (Å²) in [6, 6.07) is 0. The van der Waals surface area contributed by atoms with Gasteiger partial charge < -0.3 is 9.72 Å². The maximum Gasteiger partial charge on any atom is 0.343 e. The van der Waals surface area contributed by atoms with E-state index in [0.717, 1.165) is 0 Å². The van der Waals surface area contributed by atoms with Crippen molar-refractivity contribution in [3.05, 3.63) is 28.2 Å². The highest BCUT2D eigenvalue weighted by atomic mass is 16.5. The van der Waals surface area contributed by atoms with Gasteiger partial charge in [-0.1, -0.05) is 0 Å². The first-order chi connectivity index (χ1) is 7.15. The quantitative estimate of drug-likeness (QED) is 0.670. The second-order valence-corrected chi connectivity index (χ2v) is 3.05. The number of hydrogen-bond acceptors (Lipinski definition) is 4. The number of hydrogen-bond donors (Lipinski definition) is 1. The third kappa shape index (κ3) is 1.30. The Bertz CT molecular complexity index is 582. The number of carbonyl (C=O) groups is 1. The highest BCUT2D eigenvalue weighted by Crippen LogP contribution is 2.06. The van der Waals surface area contributed by atoms with Crippen molar-refractivity contribution in [2.45, 2.75) is 0 Å². The highest BCUT2D eigenvalue weighted by Gasteiger charge is 2.14. The van der Waals surface area contributed by atoms with Crippen LogP contribution in [0.1, 0.15) is 10.4 Å². The van der Waals surface area contributed by atoms with Crippen molar-refractivity contribution in [1.29, 1.82) is 0 Å². The number of nitrogens with one attached hydrogen (secondary N) is 1. The first-order valence-corrected chi connectivity index (χ1v) is 4.27. The van der Waals surface area contributed by atoms with E-state index in [1.54, 1.807) is 7.05 Å². The van der Waals surface area contributed by atoms with Crippen molar-refractivity contribution in [3.63, 3.8) is 0 Å². The summed E-state index contributed by atoms with van der Waals surface area (Å²) in [6.45, 7) is 0. The molecule has 2 heterocycles. The van der Waals surface area contributed by atoms with Crippen molar-refractivity contribution in [2.24, 2.45) is 7.05 Å². The summed E-state index contributed by atoms with van der Waals surface area (Å²) in [5.74, 6) is -0.651. The van der Waals surface area contributed by atoms with Crippen molar-refractivity contribution in [1.82, 2.24) is 14.8 Å². The summed E-state index contributed by atoms with van der Waals surface area (Å²) in [5.41, 5.74) is 0.189. The van der Waals surface area contributed by atoms with Crippen LogP contribution in [0.25, 0.3) is 11.0 Å². The van der Waals surface area contributed by atoms with Crippen LogP contribution in [-0.2, 0) is 11.8 Å². The van der Waals surface area contributed by atoms with Gasteiger partial charge in [-0.15, -0.1) is 0 Å². The number of aryl methyl sites for hydroxylation is 1. The zero-order valence-electron chi connectivity index (χ0n) is 8.27. The smallest absolute Gasteiger partial charge is 0.343 e. The van der Waals surface area contributed by atoms with Crippen LogP contribution in [0.15, 0.2) is 17.2 Å². The van der Waals surface area contributed by atoms with Crippen molar-refractivity contribution < 1.29 is 9.53 Å². The monoisotopic (exact) mass is 207 g/mol. The zero-order valence-corrected chi connectivity index (χ0v) is 8.27. The molecule has 2 rings (SSSR count). The number of carbonyl (C=O) groups excluding carboxylic acids is 1. The van der Waals surface area contributed by atoms with E-state index >= 15 is 0 Å². The lowest BCUT2D eigenvalue weighted by atomic mass is 10.2. The molecule has 0 radical (unpaired) electrons. The average molecular weight is 207 g/mol.